The molecule has 3 atom stereocenters. The molecule has 0 radical (unpaired) electrons. The molecule has 0 saturated carbocycles. The number of hydroxylamine groups is 1. The van der Waals surface area contributed by atoms with E-state index in [1.807, 2.05) is 30.3 Å². The molecule has 1 saturated heterocycles. The van der Waals surface area contributed by atoms with Gasteiger partial charge in [0.25, 0.3) is 0 Å². The van der Waals surface area contributed by atoms with Crippen LogP contribution in [0.2, 0.25) is 0 Å². The summed E-state index contributed by atoms with van der Waals surface area (Å²) in [5, 5.41) is 13.4. The maximum absolute atomic E-state index is 13.3. The fraction of sp³-hybridized carbons (Fsp3) is 0.520. The van der Waals surface area contributed by atoms with Gasteiger partial charge in [0, 0.05) is 6.54 Å². The number of aryl methyl sites for hydroxylation is 1. The first-order chi connectivity index (χ1) is 15.1. The van der Waals surface area contributed by atoms with Crippen LogP contribution in [0.15, 0.2) is 48.5 Å². The molecule has 7 heteroatoms. The second kappa shape index (κ2) is 9.91. The molecule has 0 spiro atoms. The van der Waals surface area contributed by atoms with E-state index in [1.165, 1.54) is 6.07 Å². The molecule has 2 aromatic carbocycles. The molecule has 32 heavy (non-hydrogen) atoms. The Morgan fingerprint density at radius 3 is 2.44 bits per heavy atom. The molecule has 1 heterocycles. The molecule has 0 unspecified atom stereocenters. The van der Waals surface area contributed by atoms with E-state index in [9.17, 15) is 18.4 Å². The normalized spacial score (nSPS) is 25.0. The lowest BCUT2D eigenvalue weighted by molar-refractivity contribution is -0.137. The van der Waals surface area contributed by atoms with E-state index in [0.717, 1.165) is 37.3 Å². The average Bonchev–Trinajstić information content (AvgIpc) is 2.78. The zero-order chi connectivity index (χ0) is 23.4. The van der Waals surface area contributed by atoms with E-state index in [4.69, 9.17) is 4.74 Å². The van der Waals surface area contributed by atoms with Gasteiger partial charge in [-0.15, -0.1) is 0 Å². The smallest absolute Gasteiger partial charge is 0.372 e. The van der Waals surface area contributed by atoms with E-state index in [1.54, 1.807) is 19.9 Å². The predicted octanol–water partition coefficient (Wildman–Crippen LogP) is 5.89. The van der Waals surface area contributed by atoms with Gasteiger partial charge in [-0.3, -0.25) is 0 Å². The van der Waals surface area contributed by atoms with E-state index in [0.29, 0.717) is 24.3 Å². The molecular formula is C25H33F3N2O2. The first-order valence-electron chi connectivity index (χ1n) is 11.2. The van der Waals surface area contributed by atoms with E-state index in [2.05, 4.69) is 17.7 Å². The van der Waals surface area contributed by atoms with Gasteiger partial charge >= 0.3 is 6.18 Å². The van der Waals surface area contributed by atoms with E-state index in [-0.39, 0.29) is 0 Å². The maximum atomic E-state index is 13.3. The van der Waals surface area contributed by atoms with Crippen molar-refractivity contribution in [1.82, 2.24) is 10.8 Å². The van der Waals surface area contributed by atoms with Crippen LogP contribution < -0.4 is 10.8 Å². The van der Waals surface area contributed by atoms with E-state index < -0.39 is 28.9 Å². The Bertz CT molecular complexity index is 879. The highest BCUT2D eigenvalue weighted by Crippen LogP contribution is 2.38. The van der Waals surface area contributed by atoms with Crippen LogP contribution in [0.1, 0.15) is 67.9 Å². The molecule has 0 bridgehead atoms. The largest absolute Gasteiger partial charge is 0.416 e. The van der Waals surface area contributed by atoms with Gasteiger partial charge in [-0.1, -0.05) is 55.3 Å². The van der Waals surface area contributed by atoms with Crippen molar-refractivity contribution >= 4 is 0 Å². The number of piperidine rings is 1. The molecule has 0 aromatic heterocycles. The van der Waals surface area contributed by atoms with Gasteiger partial charge in [0.2, 0.25) is 0 Å². The zero-order valence-electron chi connectivity index (χ0n) is 18.9. The molecule has 0 aliphatic carbocycles. The molecular weight excluding hydrogens is 417 g/mol. The monoisotopic (exact) mass is 450 g/mol. The Morgan fingerprint density at radius 1 is 1.16 bits per heavy atom. The third-order valence-electron chi connectivity index (χ3n) is 6.56. The van der Waals surface area contributed by atoms with Gasteiger partial charge in [-0.25, -0.2) is 0 Å². The summed E-state index contributed by atoms with van der Waals surface area (Å²) in [6, 6.07) is 14.0. The van der Waals surface area contributed by atoms with Crippen LogP contribution >= 0.6 is 0 Å². The van der Waals surface area contributed by atoms with Gasteiger partial charge in [0.1, 0.15) is 0 Å². The lowest BCUT2D eigenvalue weighted by Gasteiger charge is -2.47. The maximum Gasteiger partial charge on any atom is 0.416 e. The highest BCUT2D eigenvalue weighted by Gasteiger charge is 2.43. The summed E-state index contributed by atoms with van der Waals surface area (Å²) >= 11 is 0. The van der Waals surface area contributed by atoms with Crippen LogP contribution in [0.4, 0.5) is 13.2 Å². The molecule has 1 fully saturated rings. The Kier molecular flexibility index (Phi) is 7.65. The summed E-state index contributed by atoms with van der Waals surface area (Å²) in [4.78, 5) is 0. The van der Waals surface area contributed by atoms with Crippen LogP contribution in [0.3, 0.4) is 0 Å². The minimum Gasteiger partial charge on any atom is -0.372 e. The van der Waals surface area contributed by atoms with E-state index >= 15 is 0 Å². The number of hydrogen-bond acceptors (Lipinski definition) is 4. The number of alkyl halides is 3. The fourth-order valence-electron chi connectivity index (χ4n) is 4.60. The van der Waals surface area contributed by atoms with Crippen LogP contribution in [0.25, 0.3) is 0 Å². The van der Waals surface area contributed by atoms with Crippen molar-refractivity contribution in [3.63, 3.8) is 0 Å². The summed E-state index contributed by atoms with van der Waals surface area (Å²) < 4.78 is 46.0. The van der Waals surface area contributed by atoms with Crippen molar-refractivity contribution in [2.45, 2.75) is 69.8 Å². The predicted molar refractivity (Wildman–Crippen MR) is 118 cm³/mol. The minimum atomic E-state index is -4.39. The fourth-order valence-corrected chi connectivity index (χ4v) is 4.60. The Morgan fingerprint density at radius 2 is 1.88 bits per heavy atom. The highest BCUT2D eigenvalue weighted by molar-refractivity contribution is 5.32. The number of halogens is 3. The minimum absolute atomic E-state index is 0.307. The van der Waals surface area contributed by atoms with Crippen LogP contribution in [-0.4, -0.2) is 23.9 Å². The highest BCUT2D eigenvalue weighted by atomic mass is 19.4. The van der Waals surface area contributed by atoms with Crippen molar-refractivity contribution < 1.29 is 23.1 Å². The molecule has 4 nitrogen and oxygen atoms in total. The van der Waals surface area contributed by atoms with Gasteiger partial charge in [-0.2, -0.15) is 18.7 Å². The number of ether oxygens (including phenoxy) is 1. The third kappa shape index (κ3) is 5.52. The Labute approximate surface area is 188 Å². The average molecular weight is 451 g/mol. The summed E-state index contributed by atoms with van der Waals surface area (Å²) in [6.07, 6.45) is -1.65. The van der Waals surface area contributed by atoms with Crippen molar-refractivity contribution in [3.8, 4) is 0 Å². The molecule has 1 aliphatic rings. The lowest BCUT2D eigenvalue weighted by atomic mass is 9.75. The van der Waals surface area contributed by atoms with Gasteiger partial charge in [-0.05, 0) is 56.4 Å². The first kappa shape index (κ1) is 24.7. The van der Waals surface area contributed by atoms with Crippen molar-refractivity contribution in [3.05, 3.63) is 70.8 Å². The van der Waals surface area contributed by atoms with Crippen molar-refractivity contribution in [2.24, 2.45) is 0 Å². The molecule has 3 N–H and O–H groups in total. The number of rotatable bonds is 8. The Balaban J connectivity index is 1.81. The van der Waals surface area contributed by atoms with Crippen LogP contribution in [0, 0.1) is 6.92 Å². The van der Waals surface area contributed by atoms with Gasteiger partial charge in [0.15, 0.2) is 0 Å². The topological polar surface area (TPSA) is 53.5 Å². The SMILES string of the molecule is CCC[C@@]1(NO)CC[C@@](CO[C@H](C)c2cc(C)cc(C(F)(F)F)c2)(c2ccccc2)NC1. The van der Waals surface area contributed by atoms with Gasteiger partial charge < -0.3 is 15.3 Å². The summed E-state index contributed by atoms with van der Waals surface area (Å²) in [5.74, 6) is 0. The lowest BCUT2D eigenvalue weighted by Crippen LogP contribution is -2.62. The zero-order valence-corrected chi connectivity index (χ0v) is 18.9. The van der Waals surface area contributed by atoms with Crippen molar-refractivity contribution in [1.29, 1.82) is 0 Å². The number of benzene rings is 2. The standard InChI is InChI=1S/C25H33F3N2O2/c1-4-10-23(30-31)11-12-24(29-16-23,21-8-6-5-7-9-21)17-32-19(3)20-13-18(2)14-22(15-20)25(26,27)28/h5-9,13-15,19,29-31H,4,10-12,16-17H2,1-3H3/t19-,23-,24-/m1/s1. The second-order valence-corrected chi connectivity index (χ2v) is 9.03. The summed E-state index contributed by atoms with van der Waals surface area (Å²) in [6.45, 7) is 6.40. The molecule has 0 amide bonds. The van der Waals surface area contributed by atoms with Gasteiger partial charge in [0.05, 0.1) is 29.4 Å². The molecule has 2 aromatic rings. The number of nitrogens with one attached hydrogen (secondary N) is 2. The molecule has 176 valence electrons. The molecule has 1 aliphatic heterocycles. The quantitative estimate of drug-likeness (QED) is 0.439. The third-order valence-corrected chi connectivity index (χ3v) is 6.56. The van der Waals surface area contributed by atoms with Crippen LogP contribution in [-0.2, 0) is 16.5 Å². The molecule has 3 rings (SSSR count). The second-order valence-electron chi connectivity index (χ2n) is 9.03. The summed E-state index contributed by atoms with van der Waals surface area (Å²) in [5.41, 5.74) is 3.11. The van der Waals surface area contributed by atoms with Crippen LogP contribution in [0.5, 0.6) is 0 Å². The van der Waals surface area contributed by atoms with Crippen molar-refractivity contribution in [2.75, 3.05) is 13.2 Å². The Hall–Kier alpha value is -1.93. The number of hydrogen-bond donors (Lipinski definition) is 3. The summed E-state index contributed by atoms with van der Waals surface area (Å²) in [7, 11) is 0. The first-order valence-corrected chi connectivity index (χ1v) is 11.2.